The Morgan fingerprint density at radius 1 is 1.16 bits per heavy atom. The number of benzene rings is 1. The summed E-state index contributed by atoms with van der Waals surface area (Å²) in [5, 5.41) is 0. The lowest BCUT2D eigenvalue weighted by Gasteiger charge is -2.32. The molecule has 1 aromatic heterocycles. The van der Waals surface area contributed by atoms with E-state index in [2.05, 4.69) is 23.4 Å². The molecule has 170 valence electrons. The van der Waals surface area contributed by atoms with Crippen molar-refractivity contribution >= 4 is 5.57 Å². The van der Waals surface area contributed by atoms with Gasteiger partial charge in [0.15, 0.2) is 0 Å². The second-order valence-electron chi connectivity index (χ2n) is 9.35. The molecule has 2 nitrogen and oxygen atoms in total. The van der Waals surface area contributed by atoms with Crippen LogP contribution >= 0.6 is 0 Å². The Morgan fingerprint density at radius 2 is 1.84 bits per heavy atom. The first-order chi connectivity index (χ1) is 14.9. The lowest BCUT2D eigenvalue weighted by molar-refractivity contribution is -0.137. The van der Waals surface area contributed by atoms with Crippen LogP contribution in [0, 0.1) is 5.92 Å². The number of aromatic nitrogens is 2. The van der Waals surface area contributed by atoms with Gasteiger partial charge in [0.2, 0.25) is 0 Å². The average molecular weight is 441 g/mol. The highest BCUT2D eigenvalue weighted by atomic mass is 19.4. The van der Waals surface area contributed by atoms with E-state index in [4.69, 9.17) is 0 Å². The minimum atomic E-state index is -4.39. The van der Waals surface area contributed by atoms with Crippen LogP contribution in [0.1, 0.15) is 71.2 Å². The maximum atomic E-state index is 13.5. The Bertz CT molecular complexity index is 1160. The van der Waals surface area contributed by atoms with Gasteiger partial charge in [-0.2, -0.15) is 13.2 Å². The summed E-state index contributed by atoms with van der Waals surface area (Å²) >= 11 is 0. The molecule has 32 heavy (non-hydrogen) atoms. The zero-order chi connectivity index (χ0) is 23.8. The fourth-order valence-corrected chi connectivity index (χ4v) is 4.08. The van der Waals surface area contributed by atoms with Crippen molar-refractivity contribution < 1.29 is 13.2 Å². The lowest BCUT2D eigenvalue weighted by atomic mass is 9.73. The van der Waals surface area contributed by atoms with Gasteiger partial charge in [-0.05, 0) is 54.0 Å². The smallest absolute Gasteiger partial charge is 0.327 e. The molecule has 1 aliphatic carbocycles. The zero-order valence-electron chi connectivity index (χ0n) is 19.9. The summed E-state index contributed by atoms with van der Waals surface area (Å²) in [6, 6.07) is 4.02. The molecular weight excluding hydrogens is 409 g/mol. The van der Waals surface area contributed by atoms with E-state index in [0.717, 1.165) is 41.3 Å². The van der Waals surface area contributed by atoms with Crippen LogP contribution in [-0.4, -0.2) is 9.55 Å². The van der Waals surface area contributed by atoms with Crippen LogP contribution in [0.3, 0.4) is 0 Å². The molecule has 0 N–H and O–H groups in total. The molecule has 1 heterocycles. The predicted octanol–water partition coefficient (Wildman–Crippen LogP) is 7.86. The van der Waals surface area contributed by atoms with E-state index in [0.29, 0.717) is 11.4 Å². The van der Waals surface area contributed by atoms with Gasteiger partial charge < -0.3 is 4.57 Å². The van der Waals surface area contributed by atoms with Gasteiger partial charge in [-0.25, -0.2) is 4.98 Å². The number of nitrogens with zero attached hydrogens (tertiary/aromatic N) is 2. The van der Waals surface area contributed by atoms with Crippen LogP contribution in [0.25, 0.3) is 17.0 Å². The molecule has 2 aromatic rings. The maximum Gasteiger partial charge on any atom is 0.416 e. The normalized spacial score (nSPS) is 14.5. The van der Waals surface area contributed by atoms with Crippen LogP contribution in [0.2, 0.25) is 0 Å². The van der Waals surface area contributed by atoms with Crippen molar-refractivity contribution in [1.29, 1.82) is 0 Å². The first kappa shape index (κ1) is 23.9. The Balaban J connectivity index is 2.24. The summed E-state index contributed by atoms with van der Waals surface area (Å²) in [7, 11) is 1.92. The second kappa shape index (κ2) is 8.65. The number of halogens is 3. The van der Waals surface area contributed by atoms with Crippen molar-refractivity contribution in [2.75, 3.05) is 0 Å². The van der Waals surface area contributed by atoms with Crippen molar-refractivity contribution in [3.63, 3.8) is 0 Å². The third-order valence-corrected chi connectivity index (χ3v) is 6.69. The molecule has 0 saturated heterocycles. The number of allylic oxidation sites excluding steroid dienone is 4. The molecule has 3 rings (SSSR count). The van der Waals surface area contributed by atoms with Gasteiger partial charge in [0, 0.05) is 23.8 Å². The molecule has 0 saturated carbocycles. The monoisotopic (exact) mass is 440 g/mol. The van der Waals surface area contributed by atoms with Crippen LogP contribution < -0.4 is 0 Å². The number of imidazole rings is 1. The largest absolute Gasteiger partial charge is 0.416 e. The summed E-state index contributed by atoms with van der Waals surface area (Å²) in [5.41, 5.74) is 10.7. The molecule has 0 bridgehead atoms. The Morgan fingerprint density at radius 3 is 2.44 bits per heavy atom. The highest BCUT2D eigenvalue weighted by Gasteiger charge is 2.35. The van der Waals surface area contributed by atoms with E-state index in [1.54, 1.807) is 6.07 Å². The van der Waals surface area contributed by atoms with Crippen molar-refractivity contribution in [2.24, 2.45) is 13.0 Å². The van der Waals surface area contributed by atoms with E-state index in [1.165, 1.54) is 11.6 Å². The van der Waals surface area contributed by atoms with Crippen molar-refractivity contribution in [3.8, 4) is 11.4 Å². The minimum absolute atomic E-state index is 0.141. The van der Waals surface area contributed by atoms with E-state index < -0.39 is 17.2 Å². The van der Waals surface area contributed by atoms with Crippen molar-refractivity contribution in [1.82, 2.24) is 9.55 Å². The summed E-state index contributed by atoms with van der Waals surface area (Å²) in [6.07, 6.45) is 1.29. The van der Waals surface area contributed by atoms with Gasteiger partial charge in [-0.3, -0.25) is 0 Å². The Hall–Kier alpha value is -2.74. The molecule has 1 aromatic carbocycles. The van der Waals surface area contributed by atoms with Crippen LogP contribution in [0.5, 0.6) is 0 Å². The molecule has 0 unspecified atom stereocenters. The first-order valence-electron chi connectivity index (χ1n) is 11.1. The highest BCUT2D eigenvalue weighted by Crippen LogP contribution is 2.42. The minimum Gasteiger partial charge on any atom is -0.327 e. The molecule has 0 atom stereocenters. The first-order valence-corrected chi connectivity index (χ1v) is 11.1. The van der Waals surface area contributed by atoms with Crippen molar-refractivity contribution in [3.05, 3.63) is 69.9 Å². The third-order valence-electron chi connectivity index (χ3n) is 6.69. The lowest BCUT2D eigenvalue weighted by Crippen LogP contribution is -2.26. The molecule has 0 amide bonds. The van der Waals surface area contributed by atoms with Crippen LogP contribution in [-0.2, 0) is 18.6 Å². The zero-order valence-corrected chi connectivity index (χ0v) is 19.9. The Labute approximate surface area is 188 Å². The summed E-state index contributed by atoms with van der Waals surface area (Å²) < 4.78 is 42.6. The Kier molecular flexibility index (Phi) is 6.47. The fourth-order valence-electron chi connectivity index (χ4n) is 4.08. The average Bonchev–Trinajstić information content (AvgIpc) is 3.08. The number of rotatable bonds is 6. The van der Waals surface area contributed by atoms with E-state index in [-0.39, 0.29) is 5.92 Å². The van der Waals surface area contributed by atoms with Gasteiger partial charge in [0.25, 0.3) is 0 Å². The van der Waals surface area contributed by atoms with Gasteiger partial charge >= 0.3 is 6.18 Å². The molecule has 1 aliphatic rings. The van der Waals surface area contributed by atoms with Gasteiger partial charge in [-0.1, -0.05) is 58.6 Å². The van der Waals surface area contributed by atoms with Crippen molar-refractivity contribution in [2.45, 2.75) is 66.0 Å². The van der Waals surface area contributed by atoms with Gasteiger partial charge in [0.05, 0.1) is 17.5 Å². The van der Waals surface area contributed by atoms with E-state index in [9.17, 15) is 13.2 Å². The van der Waals surface area contributed by atoms with Crippen LogP contribution in [0.15, 0.2) is 53.1 Å². The molecule has 0 radical (unpaired) electrons. The van der Waals surface area contributed by atoms with E-state index in [1.807, 2.05) is 58.5 Å². The number of hydrogen-bond acceptors (Lipinski definition) is 1. The second-order valence-corrected chi connectivity index (χ2v) is 9.35. The summed E-state index contributed by atoms with van der Waals surface area (Å²) in [4.78, 5) is 4.69. The molecule has 5 heteroatoms. The molecular formula is C27H31F3N2. The predicted molar refractivity (Wildman–Crippen MR) is 124 cm³/mol. The van der Waals surface area contributed by atoms with Gasteiger partial charge in [-0.15, -0.1) is 0 Å². The molecule has 0 spiro atoms. The van der Waals surface area contributed by atoms with E-state index >= 15 is 0 Å². The van der Waals surface area contributed by atoms with Crippen LogP contribution in [0.4, 0.5) is 13.2 Å². The quantitative estimate of drug-likeness (QED) is 0.418. The number of hydrogen-bond donors (Lipinski definition) is 0. The summed E-state index contributed by atoms with van der Waals surface area (Å²) in [6.45, 7) is 12.2. The molecule has 0 fully saturated rings. The molecule has 0 aliphatic heterocycles. The number of alkyl halides is 3. The maximum absolute atomic E-state index is 13.5. The SMILES string of the molecule is CCCC1=C(c2cnc(-c3ccc(C(F)(F)F)cc3C(C)(C)C(C)C)n2C)C(C)=C=C=C1. The summed E-state index contributed by atoms with van der Waals surface area (Å²) in [5.74, 6) is 0.800. The standard InChI is InChI=1S/C27H31F3N2/c1-8-10-19-12-9-11-18(4)24(19)23-16-31-25(32(23)7)21-14-13-20(27(28,29)30)15-22(21)26(5,6)17(2)3/h12-17H,8,10H2,1-7H3. The topological polar surface area (TPSA) is 17.8 Å². The van der Waals surface area contributed by atoms with Gasteiger partial charge in [0.1, 0.15) is 5.82 Å². The highest BCUT2D eigenvalue weighted by molar-refractivity contribution is 5.83. The third kappa shape index (κ3) is 4.28. The fraction of sp³-hybridized carbons (Fsp3) is 0.444.